The molecule has 5 heteroatoms. The Balaban J connectivity index is 1.45. The summed E-state index contributed by atoms with van der Waals surface area (Å²) in [5, 5.41) is 7.34. The summed E-state index contributed by atoms with van der Waals surface area (Å²) in [6, 6.07) is 0. The minimum Gasteiger partial charge on any atom is -0.302 e. The van der Waals surface area contributed by atoms with Gasteiger partial charge in [-0.15, -0.1) is 0 Å². The summed E-state index contributed by atoms with van der Waals surface area (Å²) >= 11 is 0. The lowest BCUT2D eigenvalue weighted by atomic mass is 9.89. The first kappa shape index (κ1) is 18.1. The van der Waals surface area contributed by atoms with Crippen molar-refractivity contribution in [3.05, 3.63) is 40.7 Å². The highest BCUT2D eigenvalue weighted by Gasteiger charge is 2.17. The van der Waals surface area contributed by atoms with Gasteiger partial charge in [0.05, 0.1) is 5.69 Å². The van der Waals surface area contributed by atoms with Gasteiger partial charge in [-0.2, -0.15) is 5.10 Å². The van der Waals surface area contributed by atoms with E-state index in [0.29, 0.717) is 5.92 Å². The largest absolute Gasteiger partial charge is 0.302 e. The van der Waals surface area contributed by atoms with Gasteiger partial charge in [-0.1, -0.05) is 19.3 Å². The normalized spacial score (nSPS) is 15.8. The number of aromatic nitrogens is 4. The van der Waals surface area contributed by atoms with E-state index in [9.17, 15) is 0 Å². The molecule has 0 unspecified atom stereocenters. The highest BCUT2D eigenvalue weighted by molar-refractivity contribution is 5.23. The molecule has 2 aromatic rings. The van der Waals surface area contributed by atoms with Crippen LogP contribution >= 0.6 is 0 Å². The molecule has 2 heterocycles. The smallest absolute Gasteiger partial charge is 0.131 e. The van der Waals surface area contributed by atoms with Crippen molar-refractivity contribution in [3.8, 4) is 0 Å². The molecule has 5 nitrogen and oxygen atoms in total. The zero-order chi connectivity index (χ0) is 17.6. The van der Waals surface area contributed by atoms with Gasteiger partial charge in [-0.3, -0.25) is 5.10 Å². The Morgan fingerprint density at radius 2 is 1.84 bits per heavy atom. The molecule has 0 spiro atoms. The Labute approximate surface area is 151 Å². The molecular weight excluding hydrogens is 310 g/mol. The topological polar surface area (TPSA) is 57.7 Å². The molecule has 0 bridgehead atoms. The van der Waals surface area contributed by atoms with Gasteiger partial charge in [0.15, 0.2) is 0 Å². The summed E-state index contributed by atoms with van der Waals surface area (Å²) in [5.74, 6) is 1.64. The molecule has 136 valence electrons. The number of nitrogens with zero attached hydrogens (tertiary/aromatic N) is 4. The summed E-state index contributed by atoms with van der Waals surface area (Å²) in [5.41, 5.74) is 4.91. The molecule has 1 saturated carbocycles. The molecule has 1 fully saturated rings. The Morgan fingerprint density at radius 3 is 2.48 bits per heavy atom. The van der Waals surface area contributed by atoms with E-state index in [1.807, 2.05) is 12.4 Å². The van der Waals surface area contributed by atoms with Crippen LogP contribution in [-0.4, -0.2) is 38.7 Å². The predicted octanol–water partition coefficient (Wildman–Crippen LogP) is 3.93. The summed E-state index contributed by atoms with van der Waals surface area (Å²) in [6.45, 7) is 6.15. The van der Waals surface area contributed by atoms with Gasteiger partial charge in [0.2, 0.25) is 0 Å². The lowest BCUT2D eigenvalue weighted by Gasteiger charge is -2.20. The van der Waals surface area contributed by atoms with Crippen LogP contribution in [0.5, 0.6) is 0 Å². The van der Waals surface area contributed by atoms with Gasteiger partial charge in [0.1, 0.15) is 5.82 Å². The quantitative estimate of drug-likeness (QED) is 0.829. The molecule has 0 aromatic carbocycles. The highest BCUT2D eigenvalue weighted by Crippen LogP contribution is 2.30. The molecule has 0 atom stereocenters. The number of nitrogens with one attached hydrogen (secondary N) is 1. The van der Waals surface area contributed by atoms with Crippen molar-refractivity contribution in [2.45, 2.75) is 71.3 Å². The average molecular weight is 342 g/mol. The molecule has 0 amide bonds. The van der Waals surface area contributed by atoms with E-state index in [1.54, 1.807) is 0 Å². The van der Waals surface area contributed by atoms with Gasteiger partial charge < -0.3 is 4.90 Å². The van der Waals surface area contributed by atoms with Crippen molar-refractivity contribution in [1.82, 2.24) is 25.1 Å². The molecule has 1 aliphatic carbocycles. The zero-order valence-electron chi connectivity index (χ0n) is 15.9. The van der Waals surface area contributed by atoms with Crippen molar-refractivity contribution in [2.75, 3.05) is 13.6 Å². The molecule has 0 saturated heterocycles. The van der Waals surface area contributed by atoms with Gasteiger partial charge in [0.25, 0.3) is 0 Å². The molecule has 1 N–H and O–H groups in total. The predicted molar refractivity (Wildman–Crippen MR) is 101 cm³/mol. The molecule has 3 rings (SSSR count). The zero-order valence-corrected chi connectivity index (χ0v) is 15.9. The van der Waals surface area contributed by atoms with Crippen LogP contribution < -0.4 is 0 Å². The second-order valence-corrected chi connectivity index (χ2v) is 7.54. The Hall–Kier alpha value is -1.75. The van der Waals surface area contributed by atoms with E-state index in [-0.39, 0.29) is 0 Å². The third kappa shape index (κ3) is 4.88. The second-order valence-electron chi connectivity index (χ2n) is 7.54. The van der Waals surface area contributed by atoms with Crippen molar-refractivity contribution < 1.29 is 0 Å². The monoisotopic (exact) mass is 341 g/mol. The fraction of sp³-hybridized carbons (Fsp3) is 0.650. The molecule has 2 aromatic heterocycles. The van der Waals surface area contributed by atoms with E-state index in [4.69, 9.17) is 0 Å². The van der Waals surface area contributed by atoms with Gasteiger partial charge in [-0.25, -0.2) is 9.97 Å². The number of H-pyrrole nitrogens is 1. The lowest BCUT2D eigenvalue weighted by Crippen LogP contribution is -2.20. The van der Waals surface area contributed by atoms with Crippen molar-refractivity contribution in [3.63, 3.8) is 0 Å². The van der Waals surface area contributed by atoms with Crippen LogP contribution in [0.25, 0.3) is 0 Å². The maximum Gasteiger partial charge on any atom is 0.131 e. The fourth-order valence-electron chi connectivity index (χ4n) is 3.88. The first-order valence-electron chi connectivity index (χ1n) is 9.63. The third-order valence-electron chi connectivity index (χ3n) is 5.40. The van der Waals surface area contributed by atoms with Crippen LogP contribution in [0.2, 0.25) is 0 Å². The van der Waals surface area contributed by atoms with Crippen molar-refractivity contribution in [2.24, 2.45) is 0 Å². The maximum atomic E-state index is 4.65. The maximum absolute atomic E-state index is 4.65. The molecule has 1 aliphatic rings. The second kappa shape index (κ2) is 8.56. The molecule has 0 radical (unpaired) electrons. The standard InChI is InChI=1S/C20H31N5/c1-15-19(16(2)24-23-15)10-7-11-25(3)14-17-12-21-20(22-13-17)18-8-5-4-6-9-18/h12-13,18H,4-11,14H2,1-3H3,(H,23,24). The van der Waals surface area contributed by atoms with E-state index >= 15 is 0 Å². The summed E-state index contributed by atoms with van der Waals surface area (Å²) in [7, 11) is 2.17. The fourth-order valence-corrected chi connectivity index (χ4v) is 3.88. The minimum atomic E-state index is 0.585. The Kier molecular flexibility index (Phi) is 6.19. The number of rotatable bonds is 7. The molecular formula is C20H31N5. The SMILES string of the molecule is Cc1n[nH]c(C)c1CCCN(C)Cc1cnc(C2CCCCC2)nc1. The third-order valence-corrected chi connectivity index (χ3v) is 5.40. The first-order valence-corrected chi connectivity index (χ1v) is 9.63. The summed E-state index contributed by atoms with van der Waals surface area (Å²) < 4.78 is 0. The van der Waals surface area contributed by atoms with Crippen LogP contribution in [0.15, 0.2) is 12.4 Å². The first-order chi connectivity index (χ1) is 12.1. The van der Waals surface area contributed by atoms with Gasteiger partial charge in [0, 0.05) is 36.1 Å². The minimum absolute atomic E-state index is 0.585. The van der Waals surface area contributed by atoms with Crippen molar-refractivity contribution in [1.29, 1.82) is 0 Å². The van der Waals surface area contributed by atoms with E-state index in [0.717, 1.165) is 37.4 Å². The van der Waals surface area contributed by atoms with E-state index in [2.05, 4.69) is 46.0 Å². The lowest BCUT2D eigenvalue weighted by molar-refractivity contribution is 0.321. The van der Waals surface area contributed by atoms with Gasteiger partial charge in [-0.05, 0) is 58.7 Å². The van der Waals surface area contributed by atoms with Crippen LogP contribution in [0.4, 0.5) is 0 Å². The number of aryl methyl sites for hydroxylation is 2. The van der Waals surface area contributed by atoms with E-state index in [1.165, 1.54) is 48.9 Å². The van der Waals surface area contributed by atoms with E-state index < -0.39 is 0 Å². The summed E-state index contributed by atoms with van der Waals surface area (Å²) in [4.78, 5) is 11.6. The summed E-state index contributed by atoms with van der Waals surface area (Å²) in [6.07, 6.45) is 12.8. The molecule has 0 aliphatic heterocycles. The number of hydrogen-bond acceptors (Lipinski definition) is 4. The Bertz CT molecular complexity index is 636. The average Bonchev–Trinajstić information content (AvgIpc) is 2.95. The van der Waals surface area contributed by atoms with Crippen molar-refractivity contribution >= 4 is 0 Å². The molecule has 25 heavy (non-hydrogen) atoms. The van der Waals surface area contributed by atoms with Crippen LogP contribution in [-0.2, 0) is 13.0 Å². The highest BCUT2D eigenvalue weighted by atomic mass is 15.1. The number of aromatic amines is 1. The Morgan fingerprint density at radius 1 is 1.12 bits per heavy atom. The van der Waals surface area contributed by atoms with Crippen LogP contribution in [0.1, 0.15) is 72.8 Å². The van der Waals surface area contributed by atoms with Crippen LogP contribution in [0, 0.1) is 13.8 Å². The van der Waals surface area contributed by atoms with Gasteiger partial charge >= 0.3 is 0 Å². The van der Waals surface area contributed by atoms with Crippen LogP contribution in [0.3, 0.4) is 0 Å². The number of hydrogen-bond donors (Lipinski definition) is 1.